The number of amides is 1. The topological polar surface area (TPSA) is 92.1 Å². The zero-order chi connectivity index (χ0) is 15.0. The number of aromatic nitrogens is 3. The van der Waals surface area contributed by atoms with Gasteiger partial charge in [0.2, 0.25) is 5.91 Å². The summed E-state index contributed by atoms with van der Waals surface area (Å²) in [7, 11) is 0. The lowest BCUT2D eigenvalue weighted by molar-refractivity contribution is -0.131. The van der Waals surface area contributed by atoms with Gasteiger partial charge < -0.3 is 14.4 Å². The largest absolute Gasteiger partial charge is 0.364 e. The van der Waals surface area contributed by atoms with Gasteiger partial charge in [-0.25, -0.2) is 4.98 Å². The molecule has 0 radical (unpaired) electrons. The molecule has 3 heterocycles. The highest BCUT2D eigenvalue weighted by Gasteiger charge is 2.24. The summed E-state index contributed by atoms with van der Waals surface area (Å²) in [5.41, 5.74) is 2.64. The molecule has 7 nitrogen and oxygen atoms in total. The van der Waals surface area contributed by atoms with Gasteiger partial charge in [0.25, 0.3) is 5.56 Å². The second kappa shape index (κ2) is 5.16. The van der Waals surface area contributed by atoms with Crippen LogP contribution in [0.5, 0.6) is 0 Å². The third-order valence-corrected chi connectivity index (χ3v) is 3.73. The second-order valence-electron chi connectivity index (χ2n) is 5.24. The minimum absolute atomic E-state index is 0.0645. The van der Waals surface area contributed by atoms with Gasteiger partial charge in [0.15, 0.2) is 0 Å². The van der Waals surface area contributed by atoms with Gasteiger partial charge in [0.1, 0.15) is 12.1 Å². The third-order valence-electron chi connectivity index (χ3n) is 3.73. The van der Waals surface area contributed by atoms with E-state index in [0.29, 0.717) is 36.6 Å². The third kappa shape index (κ3) is 2.58. The zero-order valence-corrected chi connectivity index (χ0v) is 12.0. The van der Waals surface area contributed by atoms with Crippen LogP contribution in [-0.4, -0.2) is 32.5 Å². The van der Waals surface area contributed by atoms with Crippen LogP contribution in [0.3, 0.4) is 0 Å². The van der Waals surface area contributed by atoms with E-state index < -0.39 is 0 Å². The van der Waals surface area contributed by atoms with Crippen LogP contribution in [0.25, 0.3) is 0 Å². The van der Waals surface area contributed by atoms with E-state index in [0.717, 1.165) is 11.3 Å². The van der Waals surface area contributed by atoms with Crippen LogP contribution >= 0.6 is 0 Å². The summed E-state index contributed by atoms with van der Waals surface area (Å²) in [6.07, 6.45) is 2.31. The van der Waals surface area contributed by atoms with E-state index in [2.05, 4.69) is 15.1 Å². The molecule has 0 saturated carbocycles. The smallest absolute Gasteiger partial charge is 0.254 e. The molecular formula is C14H16N4O3. The molecule has 0 saturated heterocycles. The fraction of sp³-hybridized carbons (Fsp3) is 0.429. The molecule has 0 spiro atoms. The van der Waals surface area contributed by atoms with Crippen molar-refractivity contribution in [3.05, 3.63) is 45.0 Å². The average molecular weight is 288 g/mol. The highest BCUT2D eigenvalue weighted by Crippen LogP contribution is 2.18. The summed E-state index contributed by atoms with van der Waals surface area (Å²) < 4.78 is 4.91. The van der Waals surface area contributed by atoms with Crippen molar-refractivity contribution in [1.82, 2.24) is 20.0 Å². The van der Waals surface area contributed by atoms with E-state index in [1.807, 2.05) is 0 Å². The first kappa shape index (κ1) is 13.5. The van der Waals surface area contributed by atoms with E-state index in [1.165, 1.54) is 0 Å². The molecule has 21 heavy (non-hydrogen) atoms. The number of hydrogen-bond donors (Lipinski definition) is 1. The normalized spacial score (nSPS) is 14.1. The van der Waals surface area contributed by atoms with Gasteiger partial charge in [-0.3, -0.25) is 9.59 Å². The van der Waals surface area contributed by atoms with Crippen LogP contribution in [0.15, 0.2) is 15.6 Å². The molecular weight excluding hydrogens is 272 g/mol. The lowest BCUT2D eigenvalue weighted by Crippen LogP contribution is -2.38. The number of aryl methyl sites for hydroxylation is 2. The highest BCUT2D eigenvalue weighted by molar-refractivity contribution is 5.79. The molecule has 2 aromatic heterocycles. The van der Waals surface area contributed by atoms with Gasteiger partial charge in [0, 0.05) is 29.8 Å². The molecule has 0 aliphatic carbocycles. The Bertz CT molecular complexity index is 747. The standard InChI is InChI=1S/C14H16N4O3/c1-8-11(14(20)16-9(2)15-8)5-13(19)18-4-3-12-10(6-18)7-21-17-12/h7H,3-6H2,1-2H3,(H,15,16,20). The summed E-state index contributed by atoms with van der Waals surface area (Å²) >= 11 is 0. The minimum atomic E-state index is -0.240. The van der Waals surface area contributed by atoms with Crippen molar-refractivity contribution in [1.29, 1.82) is 0 Å². The first-order chi connectivity index (χ1) is 10.0. The summed E-state index contributed by atoms with van der Waals surface area (Å²) in [4.78, 5) is 32.9. The quantitative estimate of drug-likeness (QED) is 0.869. The highest BCUT2D eigenvalue weighted by atomic mass is 16.5. The van der Waals surface area contributed by atoms with Crippen molar-refractivity contribution >= 4 is 5.91 Å². The molecule has 1 aliphatic heterocycles. The number of fused-ring (bicyclic) bond motifs is 1. The maximum absolute atomic E-state index is 12.4. The second-order valence-corrected chi connectivity index (χ2v) is 5.24. The zero-order valence-electron chi connectivity index (χ0n) is 12.0. The number of nitrogens with one attached hydrogen (secondary N) is 1. The van der Waals surface area contributed by atoms with E-state index in [1.54, 1.807) is 25.0 Å². The monoisotopic (exact) mass is 288 g/mol. The van der Waals surface area contributed by atoms with Crippen molar-refractivity contribution in [2.24, 2.45) is 0 Å². The van der Waals surface area contributed by atoms with Crippen LogP contribution in [0, 0.1) is 13.8 Å². The first-order valence-corrected chi connectivity index (χ1v) is 6.81. The number of carbonyl (C=O) groups excluding carboxylic acids is 1. The Morgan fingerprint density at radius 2 is 2.29 bits per heavy atom. The Kier molecular flexibility index (Phi) is 3.32. The molecule has 3 rings (SSSR count). The Hall–Kier alpha value is -2.44. The van der Waals surface area contributed by atoms with E-state index in [9.17, 15) is 9.59 Å². The van der Waals surface area contributed by atoms with Crippen molar-refractivity contribution in [2.45, 2.75) is 33.2 Å². The molecule has 1 amide bonds. The van der Waals surface area contributed by atoms with Crippen molar-refractivity contribution < 1.29 is 9.32 Å². The van der Waals surface area contributed by atoms with Gasteiger partial charge in [-0.15, -0.1) is 0 Å². The predicted octanol–water partition coefficient (Wildman–Crippen LogP) is 0.502. The molecule has 110 valence electrons. The number of nitrogens with zero attached hydrogens (tertiary/aromatic N) is 3. The molecule has 0 aromatic carbocycles. The van der Waals surface area contributed by atoms with Crippen molar-refractivity contribution in [3.63, 3.8) is 0 Å². The van der Waals surface area contributed by atoms with Crippen LogP contribution in [0.1, 0.15) is 28.3 Å². The van der Waals surface area contributed by atoms with E-state index >= 15 is 0 Å². The van der Waals surface area contributed by atoms with Gasteiger partial charge in [-0.05, 0) is 13.8 Å². The van der Waals surface area contributed by atoms with Crippen LogP contribution in [0.4, 0.5) is 0 Å². The van der Waals surface area contributed by atoms with E-state index in [4.69, 9.17) is 4.52 Å². The van der Waals surface area contributed by atoms with Gasteiger partial charge in [-0.2, -0.15) is 0 Å². The van der Waals surface area contributed by atoms with Crippen LogP contribution in [-0.2, 0) is 24.2 Å². The SMILES string of the molecule is Cc1nc(C)c(CC(=O)N2CCc3nocc3C2)c(=O)[nH]1. The van der Waals surface area contributed by atoms with Crippen LogP contribution in [0.2, 0.25) is 0 Å². The fourth-order valence-corrected chi connectivity index (χ4v) is 2.58. The minimum Gasteiger partial charge on any atom is -0.364 e. The molecule has 1 N–H and O–H groups in total. The lowest BCUT2D eigenvalue weighted by Gasteiger charge is -2.25. The first-order valence-electron chi connectivity index (χ1n) is 6.81. The number of hydrogen-bond acceptors (Lipinski definition) is 5. The predicted molar refractivity (Wildman–Crippen MR) is 73.7 cm³/mol. The fourth-order valence-electron chi connectivity index (χ4n) is 2.58. The van der Waals surface area contributed by atoms with Crippen LogP contribution < -0.4 is 5.56 Å². The van der Waals surface area contributed by atoms with Gasteiger partial charge >= 0.3 is 0 Å². The summed E-state index contributed by atoms with van der Waals surface area (Å²) in [5, 5.41) is 3.89. The molecule has 0 unspecified atom stereocenters. The Morgan fingerprint density at radius 3 is 3.05 bits per heavy atom. The Balaban J connectivity index is 1.78. The number of aromatic amines is 1. The van der Waals surface area contributed by atoms with E-state index in [-0.39, 0.29) is 17.9 Å². The van der Waals surface area contributed by atoms with Gasteiger partial charge in [-0.1, -0.05) is 5.16 Å². The molecule has 2 aromatic rings. The summed E-state index contributed by atoms with van der Waals surface area (Å²) in [6, 6.07) is 0. The Morgan fingerprint density at radius 1 is 1.48 bits per heavy atom. The lowest BCUT2D eigenvalue weighted by atomic mass is 10.1. The maximum Gasteiger partial charge on any atom is 0.254 e. The summed E-state index contributed by atoms with van der Waals surface area (Å²) in [6.45, 7) is 4.54. The number of rotatable bonds is 2. The van der Waals surface area contributed by atoms with Gasteiger partial charge in [0.05, 0.1) is 18.7 Å². The average Bonchev–Trinajstić information content (AvgIpc) is 2.89. The Labute approximate surface area is 121 Å². The molecule has 0 atom stereocenters. The molecule has 0 bridgehead atoms. The maximum atomic E-state index is 12.4. The van der Waals surface area contributed by atoms with Crippen molar-refractivity contribution in [2.75, 3.05) is 6.54 Å². The summed E-state index contributed by atoms with van der Waals surface area (Å²) in [5.74, 6) is 0.474. The number of H-pyrrole nitrogens is 1. The number of carbonyl (C=O) groups is 1. The molecule has 0 fully saturated rings. The molecule has 1 aliphatic rings. The van der Waals surface area contributed by atoms with Crippen molar-refractivity contribution in [3.8, 4) is 0 Å². The molecule has 7 heteroatoms.